The Kier molecular flexibility index (Phi) is 4.73. The molecule has 0 aliphatic carbocycles. The summed E-state index contributed by atoms with van der Waals surface area (Å²) in [6, 6.07) is 0. The van der Waals surface area contributed by atoms with E-state index >= 15 is 0 Å². The number of ether oxygens (including phenoxy) is 1. The molecule has 1 aliphatic rings. The fourth-order valence-corrected chi connectivity index (χ4v) is 3.49. The lowest BCUT2D eigenvalue weighted by Gasteiger charge is -2.38. The number of likely N-dealkylation sites (tertiary alicyclic amines) is 1. The van der Waals surface area contributed by atoms with Crippen LogP contribution in [0.4, 0.5) is 0 Å². The van der Waals surface area contributed by atoms with Gasteiger partial charge in [0, 0.05) is 19.3 Å². The highest BCUT2D eigenvalue weighted by Crippen LogP contribution is 2.31. The van der Waals surface area contributed by atoms with Crippen molar-refractivity contribution in [3.63, 3.8) is 0 Å². The van der Waals surface area contributed by atoms with E-state index in [2.05, 4.69) is 6.58 Å². The molecule has 1 amide bonds. The van der Waals surface area contributed by atoms with Gasteiger partial charge in [-0.05, 0) is 25.8 Å². The second-order valence-electron chi connectivity index (χ2n) is 4.52. The Morgan fingerprint density at radius 3 is 2.26 bits per heavy atom. The number of esters is 1. The van der Waals surface area contributed by atoms with Crippen LogP contribution >= 0.6 is 0 Å². The molecule has 1 saturated heterocycles. The van der Waals surface area contributed by atoms with Crippen molar-refractivity contribution >= 4 is 21.7 Å². The molecule has 0 aromatic rings. The van der Waals surface area contributed by atoms with E-state index in [1.165, 1.54) is 11.0 Å². The lowest BCUT2D eigenvalue weighted by Crippen LogP contribution is -2.55. The van der Waals surface area contributed by atoms with Crippen LogP contribution in [0.15, 0.2) is 12.7 Å². The molecule has 6 nitrogen and oxygen atoms in total. The molecule has 19 heavy (non-hydrogen) atoms. The summed E-state index contributed by atoms with van der Waals surface area (Å²) in [5.41, 5.74) is 0. The first-order valence-electron chi connectivity index (χ1n) is 6.06. The van der Waals surface area contributed by atoms with Gasteiger partial charge in [0.15, 0.2) is 14.6 Å². The Labute approximate surface area is 113 Å². The number of nitrogens with zero attached hydrogens (tertiary/aromatic N) is 1. The number of amides is 1. The summed E-state index contributed by atoms with van der Waals surface area (Å²) < 4.78 is 27.3. The van der Waals surface area contributed by atoms with Crippen LogP contribution in [0.5, 0.6) is 0 Å². The standard InChI is InChI=1S/C12H19NO5S/c1-4-10(14)13-8-6-12(7-9-13,19(3,16)17)11(15)18-5-2/h4H,1,5-9H2,2-3H3. The van der Waals surface area contributed by atoms with Crippen molar-refractivity contribution in [2.24, 2.45) is 0 Å². The molecule has 1 fully saturated rings. The third-order valence-electron chi connectivity index (χ3n) is 3.41. The molecule has 0 N–H and O–H groups in total. The summed E-state index contributed by atoms with van der Waals surface area (Å²) in [6.07, 6.45) is 2.33. The number of sulfone groups is 1. The molecule has 0 bridgehead atoms. The van der Waals surface area contributed by atoms with Crippen LogP contribution in [0, 0.1) is 0 Å². The van der Waals surface area contributed by atoms with Crippen LogP contribution < -0.4 is 0 Å². The number of carbonyl (C=O) groups excluding carboxylic acids is 2. The van der Waals surface area contributed by atoms with E-state index in [4.69, 9.17) is 4.74 Å². The van der Waals surface area contributed by atoms with Crippen LogP contribution in [-0.2, 0) is 24.2 Å². The van der Waals surface area contributed by atoms with E-state index in [9.17, 15) is 18.0 Å². The average Bonchev–Trinajstić information content (AvgIpc) is 2.36. The Hall–Kier alpha value is -1.37. The summed E-state index contributed by atoms with van der Waals surface area (Å²) in [7, 11) is -3.60. The predicted octanol–water partition coefficient (Wildman–Crippen LogP) is 0.141. The topological polar surface area (TPSA) is 80.8 Å². The summed E-state index contributed by atoms with van der Waals surface area (Å²) >= 11 is 0. The third-order valence-corrected chi connectivity index (χ3v) is 5.41. The van der Waals surface area contributed by atoms with Crippen LogP contribution in [-0.4, -0.2) is 55.9 Å². The first kappa shape index (κ1) is 15.7. The van der Waals surface area contributed by atoms with Gasteiger partial charge in [-0.2, -0.15) is 0 Å². The number of hydrogen-bond donors (Lipinski definition) is 0. The molecule has 7 heteroatoms. The normalized spacial score (nSPS) is 18.7. The maximum atomic E-state index is 12.0. The van der Waals surface area contributed by atoms with E-state index in [0.29, 0.717) is 0 Å². The molecule has 108 valence electrons. The second-order valence-corrected chi connectivity index (χ2v) is 6.84. The minimum atomic E-state index is -3.60. The van der Waals surface area contributed by atoms with Crippen LogP contribution in [0.1, 0.15) is 19.8 Å². The fraction of sp³-hybridized carbons (Fsp3) is 0.667. The highest BCUT2D eigenvalue weighted by molar-refractivity contribution is 7.92. The molecular weight excluding hydrogens is 270 g/mol. The summed E-state index contributed by atoms with van der Waals surface area (Å²) in [5.74, 6) is -0.978. The predicted molar refractivity (Wildman–Crippen MR) is 70.2 cm³/mol. The first-order valence-corrected chi connectivity index (χ1v) is 7.96. The number of rotatable bonds is 4. The van der Waals surface area contributed by atoms with Gasteiger partial charge in [-0.25, -0.2) is 8.42 Å². The Bertz CT molecular complexity index is 474. The van der Waals surface area contributed by atoms with E-state index in [-0.39, 0.29) is 38.4 Å². The fourth-order valence-electron chi connectivity index (χ4n) is 2.21. The molecule has 0 aromatic carbocycles. The van der Waals surface area contributed by atoms with E-state index in [1.807, 2.05) is 0 Å². The van der Waals surface area contributed by atoms with Crippen molar-refractivity contribution in [1.82, 2.24) is 4.90 Å². The largest absolute Gasteiger partial charge is 0.465 e. The molecule has 0 unspecified atom stereocenters. The Morgan fingerprint density at radius 1 is 1.37 bits per heavy atom. The van der Waals surface area contributed by atoms with Crippen LogP contribution in [0.25, 0.3) is 0 Å². The summed E-state index contributed by atoms with van der Waals surface area (Å²) in [5, 5.41) is 0. The number of piperidine rings is 1. The summed E-state index contributed by atoms with van der Waals surface area (Å²) in [4.78, 5) is 24.9. The highest BCUT2D eigenvalue weighted by Gasteiger charge is 2.51. The zero-order chi connectivity index (χ0) is 14.7. The zero-order valence-corrected chi connectivity index (χ0v) is 12.0. The maximum absolute atomic E-state index is 12.0. The Morgan fingerprint density at radius 2 is 1.89 bits per heavy atom. The second kappa shape index (κ2) is 5.73. The molecule has 0 radical (unpaired) electrons. The van der Waals surface area contributed by atoms with Crippen molar-refractivity contribution < 1.29 is 22.7 Å². The minimum absolute atomic E-state index is 0.0598. The molecule has 0 spiro atoms. The van der Waals surface area contributed by atoms with Crippen molar-refractivity contribution in [2.75, 3.05) is 26.0 Å². The third kappa shape index (κ3) is 2.97. The maximum Gasteiger partial charge on any atom is 0.327 e. The van der Waals surface area contributed by atoms with Gasteiger partial charge < -0.3 is 9.64 Å². The smallest absolute Gasteiger partial charge is 0.327 e. The average molecular weight is 289 g/mol. The van der Waals surface area contributed by atoms with Gasteiger partial charge in [0.1, 0.15) is 0 Å². The van der Waals surface area contributed by atoms with Crippen molar-refractivity contribution in [1.29, 1.82) is 0 Å². The van der Waals surface area contributed by atoms with Gasteiger partial charge >= 0.3 is 5.97 Å². The lowest BCUT2D eigenvalue weighted by atomic mass is 9.95. The van der Waals surface area contributed by atoms with Crippen LogP contribution in [0.2, 0.25) is 0 Å². The SMILES string of the molecule is C=CC(=O)N1CCC(C(=O)OCC)(S(C)(=O)=O)CC1. The molecule has 1 rings (SSSR count). The van der Waals surface area contributed by atoms with E-state index < -0.39 is 20.6 Å². The van der Waals surface area contributed by atoms with Gasteiger partial charge in [0.25, 0.3) is 0 Å². The van der Waals surface area contributed by atoms with E-state index in [0.717, 1.165) is 6.26 Å². The lowest BCUT2D eigenvalue weighted by molar-refractivity contribution is -0.148. The zero-order valence-electron chi connectivity index (χ0n) is 11.2. The van der Waals surface area contributed by atoms with Crippen molar-refractivity contribution in [3.05, 3.63) is 12.7 Å². The quantitative estimate of drug-likeness (QED) is 0.543. The van der Waals surface area contributed by atoms with Gasteiger partial charge in [0.05, 0.1) is 6.61 Å². The summed E-state index contributed by atoms with van der Waals surface area (Å²) in [6.45, 7) is 5.55. The van der Waals surface area contributed by atoms with E-state index in [1.54, 1.807) is 6.92 Å². The highest BCUT2D eigenvalue weighted by atomic mass is 32.2. The van der Waals surface area contributed by atoms with Crippen LogP contribution in [0.3, 0.4) is 0 Å². The minimum Gasteiger partial charge on any atom is -0.465 e. The molecular formula is C12H19NO5S. The number of carbonyl (C=O) groups is 2. The molecule has 1 heterocycles. The van der Waals surface area contributed by atoms with Gasteiger partial charge in [0.2, 0.25) is 5.91 Å². The molecule has 1 aliphatic heterocycles. The monoisotopic (exact) mass is 289 g/mol. The van der Waals surface area contributed by atoms with Gasteiger partial charge in [-0.3, -0.25) is 9.59 Å². The Balaban J connectivity index is 2.97. The van der Waals surface area contributed by atoms with Crippen molar-refractivity contribution in [3.8, 4) is 0 Å². The molecule has 0 aromatic heterocycles. The first-order chi connectivity index (χ1) is 8.78. The van der Waals surface area contributed by atoms with Gasteiger partial charge in [-0.1, -0.05) is 6.58 Å². The van der Waals surface area contributed by atoms with Crippen molar-refractivity contribution in [2.45, 2.75) is 24.5 Å². The molecule has 0 atom stereocenters. The number of hydrogen-bond acceptors (Lipinski definition) is 5. The molecule has 0 saturated carbocycles. The van der Waals surface area contributed by atoms with Gasteiger partial charge in [-0.15, -0.1) is 0 Å².